The molecule has 1 saturated heterocycles. The average Bonchev–Trinajstić information content (AvgIpc) is 2.93. The molecule has 1 aliphatic heterocycles. The highest BCUT2D eigenvalue weighted by Gasteiger charge is 2.44. The first-order valence-corrected chi connectivity index (χ1v) is 8.50. The Morgan fingerprint density at radius 1 is 1.45 bits per heavy atom. The summed E-state index contributed by atoms with van der Waals surface area (Å²) in [4.78, 5) is 23.7. The Morgan fingerprint density at radius 3 is 2.77 bits per heavy atom. The van der Waals surface area contributed by atoms with Crippen LogP contribution in [0.4, 0.5) is 0 Å². The van der Waals surface area contributed by atoms with Crippen LogP contribution in [0.15, 0.2) is 18.2 Å². The second-order valence-electron chi connectivity index (χ2n) is 4.99. The number of carboxylic acid groups (broad SMARTS) is 1. The molecule has 0 bridgehead atoms. The summed E-state index contributed by atoms with van der Waals surface area (Å²) < 4.78 is 5.49. The summed E-state index contributed by atoms with van der Waals surface area (Å²) in [5, 5.41) is 12.5. The maximum atomic E-state index is 12.2. The summed E-state index contributed by atoms with van der Waals surface area (Å²) >= 11 is 13.4. The van der Waals surface area contributed by atoms with Crippen LogP contribution >= 0.6 is 35.0 Å². The van der Waals surface area contributed by atoms with Crippen LogP contribution in [0.2, 0.25) is 10.0 Å². The number of carbonyl (C=O) groups excluding carboxylic acids is 1. The molecule has 1 fully saturated rings. The van der Waals surface area contributed by atoms with E-state index in [1.54, 1.807) is 18.2 Å². The first-order valence-electron chi connectivity index (χ1n) is 6.59. The number of thioether (sulfide) groups is 1. The van der Waals surface area contributed by atoms with Crippen molar-refractivity contribution in [3.05, 3.63) is 28.2 Å². The third-order valence-electron chi connectivity index (χ3n) is 3.38. The largest absolute Gasteiger partial charge is 0.479 e. The molecule has 0 saturated carbocycles. The van der Waals surface area contributed by atoms with Gasteiger partial charge in [0.15, 0.2) is 6.10 Å². The maximum absolute atomic E-state index is 12.2. The van der Waals surface area contributed by atoms with Crippen molar-refractivity contribution in [2.24, 2.45) is 0 Å². The summed E-state index contributed by atoms with van der Waals surface area (Å²) in [6.07, 6.45) is -0.499. The van der Waals surface area contributed by atoms with Gasteiger partial charge in [0.1, 0.15) is 16.3 Å². The SMILES string of the molecule is CC(Oc1cccc(Cl)c1Cl)C(=O)NC1(C(=O)O)CCSC1. The Hall–Kier alpha value is -1.11. The van der Waals surface area contributed by atoms with Crippen LogP contribution in [0.25, 0.3) is 0 Å². The van der Waals surface area contributed by atoms with Crippen LogP contribution in [0, 0.1) is 0 Å². The molecular weight excluding hydrogens is 349 g/mol. The van der Waals surface area contributed by atoms with Gasteiger partial charge in [0.2, 0.25) is 0 Å². The van der Waals surface area contributed by atoms with Gasteiger partial charge >= 0.3 is 5.97 Å². The molecule has 0 radical (unpaired) electrons. The van der Waals surface area contributed by atoms with Crippen molar-refractivity contribution in [1.82, 2.24) is 5.32 Å². The van der Waals surface area contributed by atoms with E-state index in [2.05, 4.69) is 5.32 Å². The predicted octanol–water partition coefficient (Wildman–Crippen LogP) is 2.84. The third kappa shape index (κ3) is 3.62. The zero-order chi connectivity index (χ0) is 16.3. The third-order valence-corrected chi connectivity index (χ3v) is 5.37. The Kier molecular flexibility index (Phi) is 5.47. The van der Waals surface area contributed by atoms with Gasteiger partial charge in [-0.2, -0.15) is 11.8 Å². The summed E-state index contributed by atoms with van der Waals surface area (Å²) in [6, 6.07) is 4.85. The van der Waals surface area contributed by atoms with E-state index in [0.717, 1.165) is 0 Å². The Bertz CT molecular complexity index is 590. The molecule has 2 rings (SSSR count). The Balaban J connectivity index is 2.06. The van der Waals surface area contributed by atoms with Crippen LogP contribution in [-0.2, 0) is 9.59 Å². The average molecular weight is 364 g/mol. The van der Waals surface area contributed by atoms with Crippen molar-refractivity contribution < 1.29 is 19.4 Å². The van der Waals surface area contributed by atoms with Crippen molar-refractivity contribution in [2.45, 2.75) is 25.0 Å². The van der Waals surface area contributed by atoms with Gasteiger partial charge in [0, 0.05) is 5.75 Å². The molecule has 8 heteroatoms. The molecule has 0 spiro atoms. The van der Waals surface area contributed by atoms with E-state index < -0.39 is 23.5 Å². The number of hydrogen-bond donors (Lipinski definition) is 2. The van der Waals surface area contributed by atoms with E-state index in [4.69, 9.17) is 27.9 Å². The highest BCUT2D eigenvalue weighted by atomic mass is 35.5. The van der Waals surface area contributed by atoms with E-state index in [1.807, 2.05) is 0 Å². The molecule has 2 N–H and O–H groups in total. The number of nitrogens with one attached hydrogen (secondary N) is 1. The summed E-state index contributed by atoms with van der Waals surface area (Å²) in [5.74, 6) is -0.206. The van der Waals surface area contributed by atoms with Gasteiger partial charge in [-0.1, -0.05) is 29.3 Å². The normalized spacial score (nSPS) is 22.1. The van der Waals surface area contributed by atoms with E-state index >= 15 is 0 Å². The molecule has 2 atom stereocenters. The standard InChI is InChI=1S/C14H15Cl2NO4S/c1-8(21-10-4-2-3-9(15)11(10)16)12(18)17-14(13(19)20)5-6-22-7-14/h2-4,8H,5-7H2,1H3,(H,17,18)(H,19,20). The van der Waals surface area contributed by atoms with E-state index in [-0.39, 0.29) is 10.8 Å². The first kappa shape index (κ1) is 17.2. The van der Waals surface area contributed by atoms with Crippen molar-refractivity contribution in [3.63, 3.8) is 0 Å². The molecule has 1 amide bonds. The number of rotatable bonds is 5. The number of aliphatic carboxylic acids is 1. The lowest BCUT2D eigenvalue weighted by atomic mass is 9.99. The fourth-order valence-corrected chi connectivity index (χ4v) is 3.70. The van der Waals surface area contributed by atoms with E-state index in [9.17, 15) is 14.7 Å². The van der Waals surface area contributed by atoms with Crippen molar-refractivity contribution >= 4 is 46.8 Å². The number of hydrogen-bond acceptors (Lipinski definition) is 4. The smallest absolute Gasteiger partial charge is 0.330 e. The number of carbonyl (C=O) groups is 2. The predicted molar refractivity (Wildman–Crippen MR) is 87.0 cm³/mol. The fourth-order valence-electron chi connectivity index (χ4n) is 2.04. The van der Waals surface area contributed by atoms with Gasteiger partial charge in [-0.15, -0.1) is 0 Å². The highest BCUT2D eigenvalue weighted by molar-refractivity contribution is 7.99. The van der Waals surface area contributed by atoms with E-state index in [0.29, 0.717) is 22.9 Å². The lowest BCUT2D eigenvalue weighted by Gasteiger charge is -2.26. The van der Waals surface area contributed by atoms with Crippen LogP contribution in [-0.4, -0.2) is 40.1 Å². The monoisotopic (exact) mass is 363 g/mol. The number of carboxylic acids is 1. The lowest BCUT2D eigenvalue weighted by Crippen LogP contribution is -2.57. The van der Waals surface area contributed by atoms with E-state index in [1.165, 1.54) is 18.7 Å². The van der Waals surface area contributed by atoms with Gasteiger partial charge in [0.25, 0.3) is 5.91 Å². The summed E-state index contributed by atoms with van der Waals surface area (Å²) in [7, 11) is 0. The minimum absolute atomic E-state index is 0.216. The summed E-state index contributed by atoms with van der Waals surface area (Å²) in [6.45, 7) is 1.53. The number of halogens is 2. The second kappa shape index (κ2) is 6.98. The van der Waals surface area contributed by atoms with Gasteiger partial charge in [-0.25, -0.2) is 4.79 Å². The topological polar surface area (TPSA) is 75.6 Å². The zero-order valence-corrected chi connectivity index (χ0v) is 14.1. The van der Waals surface area contributed by atoms with Crippen molar-refractivity contribution in [2.75, 3.05) is 11.5 Å². The van der Waals surface area contributed by atoms with Gasteiger partial charge in [-0.3, -0.25) is 4.79 Å². The molecule has 0 aliphatic carbocycles. The molecule has 22 heavy (non-hydrogen) atoms. The minimum Gasteiger partial charge on any atom is -0.479 e. The van der Waals surface area contributed by atoms with Crippen LogP contribution in [0.1, 0.15) is 13.3 Å². The van der Waals surface area contributed by atoms with Gasteiger partial charge < -0.3 is 15.2 Å². The molecule has 5 nitrogen and oxygen atoms in total. The lowest BCUT2D eigenvalue weighted by molar-refractivity contribution is -0.147. The second-order valence-corrected chi connectivity index (χ2v) is 6.88. The van der Waals surface area contributed by atoms with Crippen LogP contribution in [0.3, 0.4) is 0 Å². The molecule has 2 unspecified atom stereocenters. The quantitative estimate of drug-likeness (QED) is 0.840. The van der Waals surface area contributed by atoms with Gasteiger partial charge in [0.05, 0.1) is 5.02 Å². The molecule has 0 aromatic heterocycles. The van der Waals surface area contributed by atoms with Crippen molar-refractivity contribution in [3.8, 4) is 5.75 Å². The molecule has 1 aromatic carbocycles. The first-order chi connectivity index (χ1) is 10.4. The fraction of sp³-hybridized carbons (Fsp3) is 0.429. The zero-order valence-electron chi connectivity index (χ0n) is 11.8. The highest BCUT2D eigenvalue weighted by Crippen LogP contribution is 2.32. The van der Waals surface area contributed by atoms with Gasteiger partial charge in [-0.05, 0) is 31.2 Å². The summed E-state index contributed by atoms with van der Waals surface area (Å²) in [5.41, 5.74) is -1.22. The number of ether oxygens (including phenoxy) is 1. The molecule has 1 heterocycles. The molecular formula is C14H15Cl2NO4S. The number of benzene rings is 1. The van der Waals surface area contributed by atoms with Crippen molar-refractivity contribution in [1.29, 1.82) is 0 Å². The molecule has 1 aromatic rings. The Morgan fingerprint density at radius 2 is 2.18 bits per heavy atom. The van der Waals surface area contributed by atoms with Crippen LogP contribution < -0.4 is 10.1 Å². The van der Waals surface area contributed by atoms with Crippen LogP contribution in [0.5, 0.6) is 5.75 Å². The Labute approximate surface area is 142 Å². The minimum atomic E-state index is -1.22. The molecule has 120 valence electrons. The number of amides is 1. The molecule has 1 aliphatic rings. The maximum Gasteiger partial charge on any atom is 0.330 e.